The van der Waals surface area contributed by atoms with E-state index in [1.165, 1.54) is 10.8 Å². The van der Waals surface area contributed by atoms with Crippen LogP contribution in [0.5, 0.6) is 0 Å². The Morgan fingerprint density at radius 2 is 0.982 bits per heavy atom. The molecule has 9 aromatic rings. The highest BCUT2D eigenvalue weighted by atomic mass is 14.8. The standard InChI is InChI=1S/C52H34N4/c1-5-15-33(16-6-1)43-30-40-29-38-26-27-39(53-38)31-45-50-41-24-14-13-17-34(41)25-28-42(50)44(55-45)32-46-47(35-18-7-2-8-19-35)48(36-20-9-3-10-21-36)52(56-46)49(51(43)54-40)37-22-11-4-12-23-37/h1-32,53,56H. The molecule has 4 heteroatoms. The number of fused-ring (bicyclic) bond motifs is 13. The van der Waals surface area contributed by atoms with Crippen molar-refractivity contribution in [3.8, 4) is 55.9 Å². The fourth-order valence-corrected chi connectivity index (χ4v) is 8.42. The van der Waals surface area contributed by atoms with E-state index in [0.717, 1.165) is 100 Å². The van der Waals surface area contributed by atoms with Crippen LogP contribution in [0.1, 0.15) is 17.0 Å². The number of aromatic amines is 2. The summed E-state index contributed by atoms with van der Waals surface area (Å²) >= 11 is 0. The first-order valence-electron chi connectivity index (χ1n) is 19.0. The van der Waals surface area contributed by atoms with E-state index >= 15 is 0 Å². The molecule has 2 aliphatic heterocycles. The van der Waals surface area contributed by atoms with Gasteiger partial charge in [-0.05, 0) is 69.4 Å². The number of H-pyrrole nitrogens is 2. The molecule has 0 fully saturated rings. The number of aromatic nitrogens is 4. The van der Waals surface area contributed by atoms with Crippen molar-refractivity contribution in [2.75, 3.05) is 0 Å². The lowest BCUT2D eigenvalue weighted by atomic mass is 9.91. The van der Waals surface area contributed by atoms with Crippen LogP contribution < -0.4 is 0 Å². The van der Waals surface area contributed by atoms with E-state index < -0.39 is 0 Å². The van der Waals surface area contributed by atoms with Crippen molar-refractivity contribution in [3.05, 3.63) is 205 Å². The second-order valence-corrected chi connectivity index (χ2v) is 14.3. The molecule has 0 atom stereocenters. The van der Waals surface area contributed by atoms with Crippen LogP contribution in [-0.2, 0) is 0 Å². The third-order valence-corrected chi connectivity index (χ3v) is 10.9. The van der Waals surface area contributed by atoms with Crippen LogP contribution in [-0.4, -0.2) is 19.9 Å². The second kappa shape index (κ2) is 13.1. The molecule has 0 amide bonds. The van der Waals surface area contributed by atoms with Crippen LogP contribution >= 0.6 is 0 Å². The molecule has 5 heterocycles. The van der Waals surface area contributed by atoms with Crippen molar-refractivity contribution < 1.29 is 0 Å². The lowest BCUT2D eigenvalue weighted by Crippen LogP contribution is -1.92. The van der Waals surface area contributed by atoms with Gasteiger partial charge in [-0.3, -0.25) is 0 Å². The summed E-state index contributed by atoms with van der Waals surface area (Å²) in [4.78, 5) is 18.7. The van der Waals surface area contributed by atoms with Crippen LogP contribution in [0.25, 0.3) is 100 Å². The van der Waals surface area contributed by atoms with Crippen molar-refractivity contribution in [1.29, 1.82) is 0 Å². The van der Waals surface area contributed by atoms with E-state index in [1.807, 2.05) is 0 Å². The predicted octanol–water partition coefficient (Wildman–Crippen LogP) is 13.4. The molecule has 0 radical (unpaired) electrons. The van der Waals surface area contributed by atoms with Crippen LogP contribution in [0.3, 0.4) is 0 Å². The Bertz CT molecular complexity index is 3160. The highest BCUT2D eigenvalue weighted by molar-refractivity contribution is 6.12. The van der Waals surface area contributed by atoms with Gasteiger partial charge in [0, 0.05) is 49.9 Å². The van der Waals surface area contributed by atoms with Crippen molar-refractivity contribution in [1.82, 2.24) is 19.9 Å². The van der Waals surface area contributed by atoms with Crippen molar-refractivity contribution in [2.45, 2.75) is 0 Å². The zero-order valence-electron chi connectivity index (χ0n) is 30.4. The Labute approximate surface area is 324 Å². The maximum absolute atomic E-state index is 5.50. The Morgan fingerprint density at radius 3 is 1.68 bits per heavy atom. The second-order valence-electron chi connectivity index (χ2n) is 14.3. The van der Waals surface area contributed by atoms with Crippen molar-refractivity contribution in [2.24, 2.45) is 0 Å². The van der Waals surface area contributed by atoms with E-state index in [1.54, 1.807) is 0 Å². The number of nitrogens with zero attached hydrogens (tertiary/aromatic N) is 2. The maximum atomic E-state index is 5.50. The van der Waals surface area contributed by atoms with Gasteiger partial charge in [0.05, 0.1) is 28.3 Å². The monoisotopic (exact) mass is 714 g/mol. The van der Waals surface area contributed by atoms with Crippen LogP contribution in [0.15, 0.2) is 188 Å². The van der Waals surface area contributed by atoms with Gasteiger partial charge >= 0.3 is 0 Å². The summed E-state index contributed by atoms with van der Waals surface area (Å²) in [6.45, 7) is 0. The molecule has 0 unspecified atom stereocenters. The molecule has 8 bridgehead atoms. The van der Waals surface area contributed by atoms with E-state index in [9.17, 15) is 0 Å². The number of hydrogen-bond acceptors (Lipinski definition) is 2. The number of hydrogen-bond donors (Lipinski definition) is 2. The minimum atomic E-state index is 0.876. The third-order valence-electron chi connectivity index (χ3n) is 10.9. The quantitative estimate of drug-likeness (QED) is 0.191. The molecule has 6 aromatic carbocycles. The van der Waals surface area contributed by atoms with Gasteiger partial charge in [-0.2, -0.15) is 0 Å². The SMILES string of the molecule is C1=C(c2ccccc2)c2nc1cc1ccc(cc3nc(cc4[nH]c(c2-c2ccccc2)c(-c2ccccc2)c4-c2ccccc2)-c2ccc4ccccc4c2-3)[nH]1. The zero-order chi connectivity index (χ0) is 37.0. The molecule has 4 nitrogen and oxygen atoms in total. The fraction of sp³-hybridized carbons (Fsp3) is 0. The van der Waals surface area contributed by atoms with Gasteiger partial charge in [-0.1, -0.05) is 158 Å². The van der Waals surface area contributed by atoms with Gasteiger partial charge in [0.1, 0.15) is 0 Å². The molecule has 56 heavy (non-hydrogen) atoms. The minimum absolute atomic E-state index is 0.876. The van der Waals surface area contributed by atoms with Gasteiger partial charge in [0.25, 0.3) is 0 Å². The Balaban J connectivity index is 1.39. The first kappa shape index (κ1) is 31.9. The number of rotatable bonds is 4. The summed E-state index contributed by atoms with van der Waals surface area (Å²) in [6.07, 6.45) is 2.22. The molecule has 0 saturated carbocycles. The highest BCUT2D eigenvalue weighted by Gasteiger charge is 2.25. The largest absolute Gasteiger partial charge is 0.355 e. The van der Waals surface area contributed by atoms with Crippen molar-refractivity contribution >= 4 is 44.5 Å². The average molecular weight is 715 g/mol. The predicted molar refractivity (Wildman–Crippen MR) is 233 cm³/mol. The first-order valence-corrected chi connectivity index (χ1v) is 19.0. The normalized spacial score (nSPS) is 12.0. The minimum Gasteiger partial charge on any atom is -0.355 e. The Hall–Kier alpha value is -7.56. The molecule has 3 aromatic heterocycles. The summed E-state index contributed by atoms with van der Waals surface area (Å²) in [6, 6.07) is 66.6. The highest BCUT2D eigenvalue weighted by Crippen LogP contribution is 2.47. The Kier molecular flexibility index (Phi) is 7.46. The molecule has 0 aliphatic carbocycles. The lowest BCUT2D eigenvalue weighted by Gasteiger charge is -2.12. The number of benzene rings is 6. The average Bonchev–Trinajstić information content (AvgIpc) is 4.05. The molecule has 0 spiro atoms. The van der Waals surface area contributed by atoms with Gasteiger partial charge in [0.15, 0.2) is 0 Å². The van der Waals surface area contributed by atoms with Crippen LogP contribution in [0.2, 0.25) is 0 Å². The van der Waals surface area contributed by atoms with Gasteiger partial charge in [0.2, 0.25) is 0 Å². The smallest absolute Gasteiger partial charge is 0.0815 e. The maximum Gasteiger partial charge on any atom is 0.0815 e. The molecule has 0 saturated heterocycles. The molecule has 262 valence electrons. The number of nitrogens with one attached hydrogen (secondary N) is 2. The van der Waals surface area contributed by atoms with Crippen LogP contribution in [0.4, 0.5) is 0 Å². The van der Waals surface area contributed by atoms with E-state index in [4.69, 9.17) is 9.97 Å². The topological polar surface area (TPSA) is 57.4 Å². The van der Waals surface area contributed by atoms with E-state index in [-0.39, 0.29) is 0 Å². The summed E-state index contributed by atoms with van der Waals surface area (Å²) in [7, 11) is 0. The summed E-state index contributed by atoms with van der Waals surface area (Å²) in [5.74, 6) is 0. The fourth-order valence-electron chi connectivity index (χ4n) is 8.42. The van der Waals surface area contributed by atoms with Crippen LogP contribution in [0, 0.1) is 0 Å². The van der Waals surface area contributed by atoms with Gasteiger partial charge in [-0.15, -0.1) is 0 Å². The summed E-state index contributed by atoms with van der Waals surface area (Å²) < 4.78 is 0. The van der Waals surface area contributed by atoms with Gasteiger partial charge in [-0.25, -0.2) is 9.97 Å². The zero-order valence-corrected chi connectivity index (χ0v) is 30.4. The molecular formula is C52H34N4. The molecular weight excluding hydrogens is 681 g/mol. The third kappa shape index (κ3) is 5.39. The van der Waals surface area contributed by atoms with E-state index in [2.05, 4.69) is 204 Å². The molecule has 2 aliphatic rings. The molecule has 2 N–H and O–H groups in total. The first-order chi connectivity index (χ1) is 27.7. The Morgan fingerprint density at radius 1 is 0.393 bits per heavy atom. The summed E-state index contributed by atoms with van der Waals surface area (Å²) in [5, 5.41) is 2.37. The van der Waals surface area contributed by atoms with E-state index in [0.29, 0.717) is 0 Å². The van der Waals surface area contributed by atoms with Gasteiger partial charge < -0.3 is 9.97 Å². The summed E-state index contributed by atoms with van der Waals surface area (Å²) in [5.41, 5.74) is 18.5. The molecule has 11 rings (SSSR count). The van der Waals surface area contributed by atoms with Crippen molar-refractivity contribution in [3.63, 3.8) is 0 Å². The lowest BCUT2D eigenvalue weighted by molar-refractivity contribution is 1.31.